The average Bonchev–Trinajstić information content (AvgIpc) is 3.75. The van der Waals surface area contributed by atoms with Crippen molar-refractivity contribution in [2.75, 3.05) is 40.9 Å². The van der Waals surface area contributed by atoms with Crippen molar-refractivity contribution >= 4 is 12.0 Å². The predicted molar refractivity (Wildman–Crippen MR) is 144 cm³/mol. The Hall–Kier alpha value is -2.79. The lowest BCUT2D eigenvalue weighted by molar-refractivity contribution is -0.128. The lowest BCUT2D eigenvalue weighted by atomic mass is 9.57. The molecular weight excluding hydrogens is 448 g/mol. The van der Waals surface area contributed by atoms with Crippen LogP contribution in [0.4, 0.5) is 0 Å². The second kappa shape index (κ2) is 10.7. The van der Waals surface area contributed by atoms with E-state index >= 15 is 0 Å². The molecule has 2 aliphatic carbocycles. The van der Waals surface area contributed by atoms with Gasteiger partial charge in [0.25, 0.3) is 0 Å². The highest BCUT2D eigenvalue weighted by molar-refractivity contribution is 5.91. The van der Waals surface area contributed by atoms with Gasteiger partial charge in [-0.1, -0.05) is 24.3 Å². The fourth-order valence-corrected chi connectivity index (χ4v) is 6.49. The Morgan fingerprint density at radius 2 is 1.81 bits per heavy atom. The maximum Gasteiger partial charge on any atom is 0.246 e. The first-order valence-corrected chi connectivity index (χ1v) is 13.5. The second-order valence-electron chi connectivity index (χ2n) is 11.0. The van der Waals surface area contributed by atoms with E-state index in [2.05, 4.69) is 23.1 Å². The van der Waals surface area contributed by atoms with Crippen molar-refractivity contribution in [1.82, 2.24) is 9.80 Å². The van der Waals surface area contributed by atoms with Crippen molar-refractivity contribution in [2.24, 2.45) is 11.8 Å². The van der Waals surface area contributed by atoms with Gasteiger partial charge in [0.2, 0.25) is 5.91 Å². The van der Waals surface area contributed by atoms with Crippen LogP contribution < -0.4 is 9.47 Å². The predicted octanol–water partition coefficient (Wildman–Crippen LogP) is 5.40. The molecule has 5 rings (SSSR count). The van der Waals surface area contributed by atoms with Gasteiger partial charge in [-0.3, -0.25) is 4.79 Å². The molecule has 0 N–H and O–H groups in total. The quantitative estimate of drug-likeness (QED) is 0.467. The molecule has 0 bridgehead atoms. The number of ether oxygens (including phenoxy) is 2. The fraction of sp³-hybridized carbons (Fsp3) is 0.516. The lowest BCUT2D eigenvalue weighted by Gasteiger charge is -2.54. The van der Waals surface area contributed by atoms with Gasteiger partial charge in [0.05, 0.1) is 14.2 Å². The van der Waals surface area contributed by atoms with Crippen LogP contribution in [-0.4, -0.2) is 62.7 Å². The normalized spacial score (nSPS) is 26.4. The first-order valence-electron chi connectivity index (χ1n) is 13.5. The summed E-state index contributed by atoms with van der Waals surface area (Å²) in [6, 6.07) is 16.7. The zero-order valence-electron chi connectivity index (χ0n) is 22.0. The number of likely N-dealkylation sites (N-methyl/N-ethyl adjacent to an activating group) is 1. The van der Waals surface area contributed by atoms with Crippen molar-refractivity contribution in [3.63, 3.8) is 0 Å². The molecule has 3 unspecified atom stereocenters. The zero-order valence-corrected chi connectivity index (χ0v) is 22.0. The lowest BCUT2D eigenvalue weighted by Crippen LogP contribution is -2.56. The first kappa shape index (κ1) is 24.9. The standard InChI is InChI=1S/C31H40N2O3/c1-32(30(34)15-12-23-6-4-8-28(18-23)35-2)27-14-13-26-22-33(21-24-10-11-24)17-16-31(26,20-27)25-7-5-9-29(19-25)36-3/h4-9,12,15,18-19,24,26-27H,10-11,13-14,16-17,20-22H2,1-3H3/b15-12+. The Kier molecular flexibility index (Phi) is 7.38. The molecule has 0 aromatic heterocycles. The van der Waals surface area contributed by atoms with E-state index < -0.39 is 0 Å². The van der Waals surface area contributed by atoms with Gasteiger partial charge in [-0.15, -0.1) is 0 Å². The molecule has 36 heavy (non-hydrogen) atoms. The number of hydrogen-bond acceptors (Lipinski definition) is 4. The van der Waals surface area contributed by atoms with Crippen LogP contribution >= 0.6 is 0 Å². The molecular formula is C31H40N2O3. The molecule has 1 heterocycles. The number of piperidine rings is 1. The Bertz CT molecular complexity index is 1090. The number of fused-ring (bicyclic) bond motifs is 1. The second-order valence-corrected chi connectivity index (χ2v) is 11.0. The van der Waals surface area contributed by atoms with Gasteiger partial charge in [-0.05, 0) is 98.4 Å². The van der Waals surface area contributed by atoms with Crippen LogP contribution in [0, 0.1) is 11.8 Å². The summed E-state index contributed by atoms with van der Waals surface area (Å²) >= 11 is 0. The molecule has 1 amide bonds. The maximum absolute atomic E-state index is 13.2. The van der Waals surface area contributed by atoms with Gasteiger partial charge in [0, 0.05) is 37.7 Å². The fourth-order valence-electron chi connectivity index (χ4n) is 6.49. The molecule has 5 nitrogen and oxygen atoms in total. The van der Waals surface area contributed by atoms with Crippen molar-refractivity contribution in [3.05, 3.63) is 65.7 Å². The Labute approximate surface area is 216 Å². The number of nitrogens with zero attached hydrogens (tertiary/aromatic N) is 2. The minimum absolute atomic E-state index is 0.0632. The molecule has 3 atom stereocenters. The zero-order chi connectivity index (χ0) is 25.1. The van der Waals surface area contributed by atoms with Gasteiger partial charge in [-0.25, -0.2) is 0 Å². The molecule has 192 valence electrons. The molecule has 3 fully saturated rings. The first-order chi connectivity index (χ1) is 17.5. The molecule has 5 heteroatoms. The Morgan fingerprint density at radius 3 is 2.56 bits per heavy atom. The number of carbonyl (C=O) groups excluding carboxylic acids is 1. The van der Waals surface area contributed by atoms with Gasteiger partial charge < -0.3 is 19.3 Å². The number of rotatable bonds is 8. The van der Waals surface area contributed by atoms with E-state index in [1.165, 1.54) is 31.5 Å². The van der Waals surface area contributed by atoms with Gasteiger partial charge in [0.15, 0.2) is 0 Å². The van der Waals surface area contributed by atoms with Crippen molar-refractivity contribution in [2.45, 2.75) is 50.0 Å². The van der Waals surface area contributed by atoms with Crippen LogP contribution in [0.2, 0.25) is 0 Å². The van der Waals surface area contributed by atoms with Crippen LogP contribution in [-0.2, 0) is 10.2 Å². The van der Waals surface area contributed by atoms with Crippen molar-refractivity contribution in [1.29, 1.82) is 0 Å². The third-order valence-electron chi connectivity index (χ3n) is 8.85. The Morgan fingerprint density at radius 1 is 1.06 bits per heavy atom. The number of carbonyl (C=O) groups is 1. The Balaban J connectivity index is 1.34. The smallest absolute Gasteiger partial charge is 0.246 e. The molecule has 2 aromatic carbocycles. The minimum Gasteiger partial charge on any atom is -0.497 e. The highest BCUT2D eigenvalue weighted by Gasteiger charge is 2.49. The SMILES string of the molecule is COc1cccc(/C=C/C(=O)N(C)C2CCC3CN(CC4CC4)CCC3(c3cccc(OC)c3)C2)c1. The molecule has 1 saturated heterocycles. The van der Waals surface area contributed by atoms with E-state index in [-0.39, 0.29) is 17.4 Å². The topological polar surface area (TPSA) is 42.0 Å². The molecule has 0 spiro atoms. The number of likely N-dealkylation sites (tertiary alicyclic amines) is 1. The minimum atomic E-state index is 0.0632. The third-order valence-corrected chi connectivity index (χ3v) is 8.85. The van der Waals surface area contributed by atoms with Crippen LogP contribution in [0.25, 0.3) is 6.08 Å². The molecule has 0 radical (unpaired) electrons. The average molecular weight is 489 g/mol. The summed E-state index contributed by atoms with van der Waals surface area (Å²) in [5.41, 5.74) is 2.44. The molecule has 2 saturated carbocycles. The van der Waals surface area contributed by atoms with Gasteiger partial charge in [-0.2, -0.15) is 0 Å². The van der Waals surface area contributed by atoms with Crippen molar-refractivity contribution in [3.8, 4) is 11.5 Å². The maximum atomic E-state index is 13.2. The summed E-state index contributed by atoms with van der Waals surface area (Å²) in [5.74, 6) is 3.32. The number of benzene rings is 2. The summed E-state index contributed by atoms with van der Waals surface area (Å²) in [7, 11) is 5.38. The largest absolute Gasteiger partial charge is 0.497 e. The van der Waals surface area contributed by atoms with E-state index in [1.807, 2.05) is 48.4 Å². The van der Waals surface area contributed by atoms with E-state index in [1.54, 1.807) is 20.3 Å². The van der Waals surface area contributed by atoms with Crippen molar-refractivity contribution < 1.29 is 14.3 Å². The number of amides is 1. The van der Waals surface area contributed by atoms with Gasteiger partial charge in [0.1, 0.15) is 11.5 Å². The summed E-state index contributed by atoms with van der Waals surface area (Å²) in [6.45, 7) is 3.58. The summed E-state index contributed by atoms with van der Waals surface area (Å²) < 4.78 is 10.9. The highest BCUT2D eigenvalue weighted by Crippen LogP contribution is 2.51. The van der Waals surface area contributed by atoms with Crippen LogP contribution in [0.3, 0.4) is 0 Å². The van der Waals surface area contributed by atoms with E-state index in [4.69, 9.17) is 9.47 Å². The van der Waals surface area contributed by atoms with Crippen LogP contribution in [0.15, 0.2) is 54.6 Å². The van der Waals surface area contributed by atoms with Crippen LogP contribution in [0.5, 0.6) is 11.5 Å². The van der Waals surface area contributed by atoms with Gasteiger partial charge >= 0.3 is 0 Å². The monoisotopic (exact) mass is 488 g/mol. The number of methoxy groups -OCH3 is 2. The van der Waals surface area contributed by atoms with E-state index in [0.29, 0.717) is 5.92 Å². The third kappa shape index (κ3) is 5.31. The molecule has 3 aliphatic rings. The summed E-state index contributed by atoms with van der Waals surface area (Å²) in [6.07, 6.45) is 10.8. The summed E-state index contributed by atoms with van der Waals surface area (Å²) in [5, 5.41) is 0. The number of hydrogen-bond donors (Lipinski definition) is 0. The van der Waals surface area contributed by atoms with E-state index in [0.717, 1.165) is 55.2 Å². The van der Waals surface area contributed by atoms with E-state index in [9.17, 15) is 4.79 Å². The molecule has 2 aromatic rings. The molecule has 1 aliphatic heterocycles. The highest BCUT2D eigenvalue weighted by atomic mass is 16.5. The summed E-state index contributed by atoms with van der Waals surface area (Å²) in [4.78, 5) is 17.9. The van der Waals surface area contributed by atoms with Crippen LogP contribution in [0.1, 0.15) is 49.7 Å².